The van der Waals surface area contributed by atoms with Gasteiger partial charge in [0.1, 0.15) is 0 Å². The summed E-state index contributed by atoms with van der Waals surface area (Å²) >= 11 is 0. The third-order valence-corrected chi connectivity index (χ3v) is 7.64. The molecule has 3 rings (SSSR count). The highest BCUT2D eigenvalue weighted by Crippen LogP contribution is 2.38. The van der Waals surface area contributed by atoms with Crippen molar-refractivity contribution in [2.75, 3.05) is 4.90 Å². The second kappa shape index (κ2) is 12.4. The van der Waals surface area contributed by atoms with E-state index in [-0.39, 0.29) is 10.8 Å². The number of rotatable bonds is 13. The molecule has 0 saturated carbocycles. The molecular weight excluding hydrogens is 422 g/mol. The lowest BCUT2D eigenvalue weighted by Crippen LogP contribution is -2.18. The summed E-state index contributed by atoms with van der Waals surface area (Å²) in [4.78, 5) is 2.38. The number of para-hydroxylation sites is 1. The Hall–Kier alpha value is -2.54. The van der Waals surface area contributed by atoms with Gasteiger partial charge in [-0.2, -0.15) is 0 Å². The first-order chi connectivity index (χ1) is 16.8. The van der Waals surface area contributed by atoms with Crippen molar-refractivity contribution in [2.45, 2.75) is 104 Å². The van der Waals surface area contributed by atoms with E-state index >= 15 is 0 Å². The van der Waals surface area contributed by atoms with Gasteiger partial charge in [0.15, 0.2) is 0 Å². The van der Waals surface area contributed by atoms with E-state index < -0.39 is 0 Å². The zero-order valence-corrected chi connectivity index (χ0v) is 23.1. The van der Waals surface area contributed by atoms with Crippen molar-refractivity contribution in [1.82, 2.24) is 0 Å². The average molecular weight is 470 g/mol. The van der Waals surface area contributed by atoms with Crippen molar-refractivity contribution >= 4 is 17.1 Å². The quantitative estimate of drug-likeness (QED) is 0.225. The predicted molar refractivity (Wildman–Crippen MR) is 155 cm³/mol. The predicted octanol–water partition coefficient (Wildman–Crippen LogP) is 10.9. The van der Waals surface area contributed by atoms with E-state index in [1.807, 2.05) is 0 Å². The van der Waals surface area contributed by atoms with Gasteiger partial charge < -0.3 is 4.90 Å². The number of hydrogen-bond donors (Lipinski definition) is 0. The molecule has 0 saturated heterocycles. The van der Waals surface area contributed by atoms with Crippen LogP contribution in [0.1, 0.15) is 104 Å². The Balaban J connectivity index is 1.88. The zero-order chi connectivity index (χ0) is 25.3. The second-order valence-electron chi connectivity index (χ2n) is 11.4. The lowest BCUT2D eigenvalue weighted by Gasteiger charge is -2.30. The van der Waals surface area contributed by atoms with Crippen LogP contribution < -0.4 is 4.90 Å². The Morgan fingerprint density at radius 3 is 1.23 bits per heavy atom. The molecule has 0 aromatic heterocycles. The van der Waals surface area contributed by atoms with E-state index in [1.54, 1.807) is 0 Å². The molecule has 0 unspecified atom stereocenters. The zero-order valence-electron chi connectivity index (χ0n) is 23.1. The Morgan fingerprint density at radius 1 is 0.486 bits per heavy atom. The van der Waals surface area contributed by atoms with Crippen LogP contribution in [0.2, 0.25) is 0 Å². The van der Waals surface area contributed by atoms with Crippen LogP contribution in [-0.2, 0) is 10.8 Å². The van der Waals surface area contributed by atoms with Gasteiger partial charge in [0.25, 0.3) is 0 Å². The van der Waals surface area contributed by atoms with E-state index in [1.165, 1.54) is 79.6 Å². The molecule has 0 fully saturated rings. The van der Waals surface area contributed by atoms with Crippen molar-refractivity contribution in [1.29, 1.82) is 0 Å². The van der Waals surface area contributed by atoms with E-state index in [4.69, 9.17) is 0 Å². The summed E-state index contributed by atoms with van der Waals surface area (Å²) in [5.74, 6) is 0. The van der Waals surface area contributed by atoms with Crippen molar-refractivity contribution < 1.29 is 0 Å². The molecule has 0 aliphatic carbocycles. The molecule has 3 aromatic carbocycles. The molecule has 0 N–H and O–H groups in total. The third-order valence-electron chi connectivity index (χ3n) is 7.64. The summed E-state index contributed by atoms with van der Waals surface area (Å²) in [6, 6.07) is 29.3. The van der Waals surface area contributed by atoms with Crippen LogP contribution in [0.25, 0.3) is 0 Å². The maximum atomic E-state index is 2.38. The van der Waals surface area contributed by atoms with Crippen LogP contribution in [0, 0.1) is 0 Å². The van der Waals surface area contributed by atoms with Crippen LogP contribution in [0.4, 0.5) is 17.1 Å². The lowest BCUT2D eigenvalue weighted by atomic mass is 9.80. The van der Waals surface area contributed by atoms with E-state index in [0.717, 1.165) is 0 Å². The number of unbranched alkanes of at least 4 members (excludes halogenated alkanes) is 4. The van der Waals surface area contributed by atoms with E-state index in [0.29, 0.717) is 0 Å². The Morgan fingerprint density at radius 2 is 0.857 bits per heavy atom. The number of hydrogen-bond acceptors (Lipinski definition) is 1. The van der Waals surface area contributed by atoms with Gasteiger partial charge in [0, 0.05) is 17.1 Å². The van der Waals surface area contributed by atoms with Crippen LogP contribution in [-0.4, -0.2) is 0 Å². The monoisotopic (exact) mass is 469 g/mol. The summed E-state index contributed by atoms with van der Waals surface area (Å²) in [5, 5.41) is 0. The Kier molecular flexibility index (Phi) is 9.61. The first-order valence-electron chi connectivity index (χ1n) is 13.8. The third kappa shape index (κ3) is 7.23. The molecule has 35 heavy (non-hydrogen) atoms. The van der Waals surface area contributed by atoms with Gasteiger partial charge >= 0.3 is 0 Å². The first kappa shape index (κ1) is 27.1. The summed E-state index contributed by atoms with van der Waals surface area (Å²) in [5.41, 5.74) is 6.87. The standard InChI is InChI=1S/C34H47N/c1-7-9-14-26-33(3,4)28-18-22-31(23-19-28)35(30-16-12-11-13-17-30)32-24-20-29(21-25-32)34(5,6)27-15-10-8-2/h11-13,16-25H,7-10,14-15,26-27H2,1-6H3. The van der Waals surface area contributed by atoms with E-state index in [2.05, 4.69) is 125 Å². The molecule has 0 amide bonds. The van der Waals surface area contributed by atoms with Crippen LogP contribution in [0.5, 0.6) is 0 Å². The lowest BCUT2D eigenvalue weighted by molar-refractivity contribution is 0.450. The molecular formula is C34H47N. The van der Waals surface area contributed by atoms with Crippen LogP contribution in [0.3, 0.4) is 0 Å². The highest BCUT2D eigenvalue weighted by atomic mass is 15.1. The van der Waals surface area contributed by atoms with Gasteiger partial charge in [0.05, 0.1) is 0 Å². The summed E-state index contributed by atoms with van der Waals surface area (Å²) in [6.07, 6.45) is 10.2. The van der Waals surface area contributed by atoms with Crippen LogP contribution >= 0.6 is 0 Å². The van der Waals surface area contributed by atoms with Gasteiger partial charge in [-0.05, 0) is 71.2 Å². The minimum atomic E-state index is 0.205. The highest BCUT2D eigenvalue weighted by Gasteiger charge is 2.22. The van der Waals surface area contributed by atoms with Gasteiger partial charge in [-0.15, -0.1) is 0 Å². The molecule has 0 heterocycles. The largest absolute Gasteiger partial charge is 0.311 e. The minimum absolute atomic E-state index is 0.205. The van der Waals surface area contributed by atoms with Crippen molar-refractivity contribution in [3.05, 3.63) is 90.0 Å². The maximum Gasteiger partial charge on any atom is 0.0461 e. The van der Waals surface area contributed by atoms with Crippen molar-refractivity contribution in [3.8, 4) is 0 Å². The molecule has 0 bridgehead atoms. The molecule has 0 spiro atoms. The van der Waals surface area contributed by atoms with Crippen LogP contribution in [0.15, 0.2) is 78.9 Å². The topological polar surface area (TPSA) is 3.24 Å². The molecule has 188 valence electrons. The Bertz CT molecular complexity index is 931. The van der Waals surface area contributed by atoms with Crippen molar-refractivity contribution in [2.24, 2.45) is 0 Å². The van der Waals surface area contributed by atoms with Gasteiger partial charge in [0.2, 0.25) is 0 Å². The Labute approximate surface area is 215 Å². The smallest absolute Gasteiger partial charge is 0.0461 e. The fourth-order valence-electron chi connectivity index (χ4n) is 5.07. The summed E-state index contributed by atoms with van der Waals surface area (Å²) in [7, 11) is 0. The first-order valence-corrected chi connectivity index (χ1v) is 13.8. The number of anilines is 3. The molecule has 1 heteroatoms. The SMILES string of the molecule is CCCCCC(C)(C)c1ccc(N(c2ccccc2)c2ccc(C(C)(C)CCCCC)cc2)cc1. The van der Waals surface area contributed by atoms with E-state index in [9.17, 15) is 0 Å². The molecule has 3 aromatic rings. The number of benzene rings is 3. The molecule has 1 nitrogen and oxygen atoms in total. The minimum Gasteiger partial charge on any atom is -0.311 e. The van der Waals surface area contributed by atoms with Gasteiger partial charge in [-0.1, -0.05) is 123 Å². The summed E-state index contributed by atoms with van der Waals surface area (Å²) in [6.45, 7) is 14.1. The summed E-state index contributed by atoms with van der Waals surface area (Å²) < 4.78 is 0. The normalized spacial score (nSPS) is 12.1. The highest BCUT2D eigenvalue weighted by molar-refractivity contribution is 5.76. The fourth-order valence-corrected chi connectivity index (χ4v) is 5.07. The maximum absolute atomic E-state index is 2.38. The second-order valence-corrected chi connectivity index (χ2v) is 11.4. The molecule has 0 aliphatic heterocycles. The average Bonchev–Trinajstić information content (AvgIpc) is 2.86. The fraction of sp³-hybridized carbons (Fsp3) is 0.471. The molecule has 0 aliphatic rings. The molecule has 0 atom stereocenters. The number of nitrogens with zero attached hydrogens (tertiary/aromatic N) is 1. The molecule has 0 radical (unpaired) electrons. The van der Waals surface area contributed by atoms with Crippen molar-refractivity contribution in [3.63, 3.8) is 0 Å². The van der Waals surface area contributed by atoms with Gasteiger partial charge in [-0.25, -0.2) is 0 Å². The van der Waals surface area contributed by atoms with Gasteiger partial charge in [-0.3, -0.25) is 0 Å².